The molecule has 0 fully saturated rings. The highest BCUT2D eigenvalue weighted by Gasteiger charge is 2.46. The Hall–Kier alpha value is -1.56. The van der Waals surface area contributed by atoms with Crippen LogP contribution in [0.4, 0.5) is 18.9 Å². The molecule has 2 unspecified atom stereocenters. The molecule has 2 atom stereocenters. The summed E-state index contributed by atoms with van der Waals surface area (Å²) in [5.41, 5.74) is 8.17. The molecule has 0 bridgehead atoms. The van der Waals surface area contributed by atoms with Crippen molar-refractivity contribution in [2.45, 2.75) is 51.9 Å². The Morgan fingerprint density at radius 3 is 2.59 bits per heavy atom. The third-order valence-electron chi connectivity index (χ3n) is 4.15. The first-order valence-electron chi connectivity index (χ1n) is 7.39. The quantitative estimate of drug-likeness (QED) is 0.932. The molecule has 22 heavy (non-hydrogen) atoms. The molecule has 1 aliphatic rings. The Morgan fingerprint density at radius 2 is 2.05 bits per heavy atom. The van der Waals surface area contributed by atoms with Crippen molar-refractivity contribution in [2.24, 2.45) is 11.7 Å². The first-order valence-corrected chi connectivity index (χ1v) is 7.39. The number of hydrogen-bond donors (Lipinski definition) is 1. The molecule has 1 heterocycles. The Balaban J connectivity index is 2.26. The summed E-state index contributed by atoms with van der Waals surface area (Å²) in [7, 11) is 0. The van der Waals surface area contributed by atoms with Crippen molar-refractivity contribution in [3.63, 3.8) is 0 Å². The summed E-state index contributed by atoms with van der Waals surface area (Å²) in [6.45, 7) is 5.69. The van der Waals surface area contributed by atoms with Crippen molar-refractivity contribution in [1.82, 2.24) is 0 Å². The number of carbonyl (C=O) groups excluding carboxylic acids is 1. The van der Waals surface area contributed by atoms with E-state index in [0.29, 0.717) is 24.4 Å². The van der Waals surface area contributed by atoms with Gasteiger partial charge in [0.05, 0.1) is 0 Å². The number of anilines is 1. The van der Waals surface area contributed by atoms with E-state index in [1.807, 2.05) is 19.9 Å². The number of halogens is 3. The molecule has 0 radical (unpaired) electrons. The van der Waals surface area contributed by atoms with Gasteiger partial charge >= 0.3 is 12.1 Å². The van der Waals surface area contributed by atoms with Crippen LogP contribution >= 0.6 is 0 Å². The van der Waals surface area contributed by atoms with Crippen LogP contribution in [0.5, 0.6) is 0 Å². The molecular weight excluding hydrogens is 293 g/mol. The van der Waals surface area contributed by atoms with E-state index in [9.17, 15) is 18.0 Å². The van der Waals surface area contributed by atoms with Crippen LogP contribution in [0.2, 0.25) is 0 Å². The van der Waals surface area contributed by atoms with Crippen molar-refractivity contribution < 1.29 is 18.0 Å². The zero-order valence-electron chi connectivity index (χ0n) is 12.9. The molecule has 0 saturated carbocycles. The number of nitrogens with zero attached hydrogens (tertiary/aromatic N) is 1. The van der Waals surface area contributed by atoms with Crippen molar-refractivity contribution >= 4 is 11.6 Å². The number of alkyl halides is 3. The monoisotopic (exact) mass is 314 g/mol. The standard InChI is InChI=1S/C16H21F3N2O/c1-9(2)13(20)8-11-4-5-14-12(7-11)6-10(3)21(14)15(22)16(17,18)19/h4-5,7,9-10,13H,6,8,20H2,1-3H3. The smallest absolute Gasteiger partial charge is 0.327 e. The molecule has 3 nitrogen and oxygen atoms in total. The van der Waals surface area contributed by atoms with Crippen LogP contribution in [-0.4, -0.2) is 24.2 Å². The maximum atomic E-state index is 12.7. The molecule has 0 aromatic heterocycles. The maximum absolute atomic E-state index is 12.7. The fourth-order valence-corrected chi connectivity index (χ4v) is 2.77. The summed E-state index contributed by atoms with van der Waals surface area (Å²) in [5, 5.41) is 0. The number of carbonyl (C=O) groups is 1. The normalized spacial score (nSPS) is 19.5. The fourth-order valence-electron chi connectivity index (χ4n) is 2.77. The highest BCUT2D eigenvalue weighted by molar-refractivity contribution is 5.99. The lowest BCUT2D eigenvalue weighted by atomic mass is 9.96. The zero-order chi connectivity index (χ0) is 16.7. The molecule has 1 amide bonds. The average molecular weight is 314 g/mol. The van der Waals surface area contributed by atoms with Crippen molar-refractivity contribution in [2.75, 3.05) is 4.90 Å². The maximum Gasteiger partial charge on any atom is 0.471 e. The predicted molar refractivity (Wildman–Crippen MR) is 79.7 cm³/mol. The molecule has 6 heteroatoms. The second-order valence-electron chi connectivity index (χ2n) is 6.30. The molecule has 2 N–H and O–H groups in total. The Kier molecular flexibility index (Phi) is 4.52. The van der Waals surface area contributed by atoms with Gasteiger partial charge in [-0.05, 0) is 42.9 Å². The molecule has 1 aromatic rings. The Morgan fingerprint density at radius 1 is 1.41 bits per heavy atom. The summed E-state index contributed by atoms with van der Waals surface area (Å²) in [6, 6.07) is 4.75. The number of rotatable bonds is 3. The summed E-state index contributed by atoms with van der Waals surface area (Å²) < 4.78 is 38.1. The Bertz CT molecular complexity index is 569. The highest BCUT2D eigenvalue weighted by atomic mass is 19.4. The highest BCUT2D eigenvalue weighted by Crippen LogP contribution is 2.36. The molecule has 0 spiro atoms. The van der Waals surface area contributed by atoms with Crippen LogP contribution < -0.4 is 10.6 Å². The van der Waals surface area contributed by atoms with Gasteiger partial charge in [0.25, 0.3) is 0 Å². The van der Waals surface area contributed by atoms with Crippen molar-refractivity contribution in [1.29, 1.82) is 0 Å². The molecule has 0 saturated heterocycles. The topological polar surface area (TPSA) is 46.3 Å². The lowest BCUT2D eigenvalue weighted by Gasteiger charge is -2.23. The lowest BCUT2D eigenvalue weighted by molar-refractivity contribution is -0.170. The minimum atomic E-state index is -4.85. The SMILES string of the molecule is CC(C)C(N)Cc1ccc2c(c1)CC(C)N2C(=O)C(F)(F)F. The minimum absolute atomic E-state index is 0.00443. The van der Waals surface area contributed by atoms with Crippen LogP contribution in [0.3, 0.4) is 0 Å². The largest absolute Gasteiger partial charge is 0.471 e. The van der Waals surface area contributed by atoms with Gasteiger partial charge in [0.1, 0.15) is 0 Å². The predicted octanol–water partition coefficient (Wildman–Crippen LogP) is 3.05. The molecule has 1 aliphatic heterocycles. The molecule has 1 aromatic carbocycles. The number of nitrogens with two attached hydrogens (primary N) is 1. The summed E-state index contributed by atoms with van der Waals surface area (Å²) >= 11 is 0. The minimum Gasteiger partial charge on any atom is -0.327 e. The lowest BCUT2D eigenvalue weighted by Crippen LogP contribution is -2.44. The van der Waals surface area contributed by atoms with Crippen molar-refractivity contribution in [3.05, 3.63) is 29.3 Å². The van der Waals surface area contributed by atoms with E-state index >= 15 is 0 Å². The van der Waals surface area contributed by atoms with E-state index < -0.39 is 18.1 Å². The van der Waals surface area contributed by atoms with E-state index in [1.165, 1.54) is 0 Å². The van der Waals surface area contributed by atoms with Gasteiger partial charge in [-0.2, -0.15) is 13.2 Å². The summed E-state index contributed by atoms with van der Waals surface area (Å²) in [6.07, 6.45) is -3.75. The second kappa shape index (κ2) is 5.91. The first kappa shape index (κ1) is 16.8. The third-order valence-corrected chi connectivity index (χ3v) is 4.15. The van der Waals surface area contributed by atoms with Crippen LogP contribution in [0, 0.1) is 5.92 Å². The van der Waals surface area contributed by atoms with Gasteiger partial charge in [0.2, 0.25) is 0 Å². The molecular formula is C16H21F3N2O. The fraction of sp³-hybridized carbons (Fsp3) is 0.562. The van der Waals surface area contributed by atoms with E-state index in [2.05, 4.69) is 0 Å². The van der Waals surface area contributed by atoms with Crippen molar-refractivity contribution in [3.8, 4) is 0 Å². The van der Waals surface area contributed by atoms with Gasteiger partial charge < -0.3 is 10.6 Å². The van der Waals surface area contributed by atoms with Gasteiger partial charge in [0.15, 0.2) is 0 Å². The van der Waals surface area contributed by atoms with Crippen LogP contribution in [0.1, 0.15) is 31.9 Å². The number of hydrogen-bond acceptors (Lipinski definition) is 2. The van der Waals surface area contributed by atoms with Crippen LogP contribution in [0.25, 0.3) is 0 Å². The number of fused-ring (bicyclic) bond motifs is 1. The molecule has 2 rings (SSSR count). The summed E-state index contributed by atoms with van der Waals surface area (Å²) in [4.78, 5) is 12.4. The third kappa shape index (κ3) is 3.27. The Labute approximate surface area is 128 Å². The van der Waals surface area contributed by atoms with E-state index in [1.54, 1.807) is 19.1 Å². The van der Waals surface area contributed by atoms with E-state index in [-0.39, 0.29) is 6.04 Å². The first-order chi connectivity index (χ1) is 10.1. The van der Waals surface area contributed by atoms with E-state index in [4.69, 9.17) is 5.73 Å². The molecule has 0 aliphatic carbocycles. The van der Waals surface area contributed by atoms with Crippen LogP contribution in [0.15, 0.2) is 18.2 Å². The average Bonchev–Trinajstić information content (AvgIpc) is 2.71. The zero-order valence-corrected chi connectivity index (χ0v) is 12.9. The molecule has 122 valence electrons. The van der Waals surface area contributed by atoms with E-state index in [0.717, 1.165) is 16.0 Å². The van der Waals surface area contributed by atoms with Gasteiger partial charge in [-0.15, -0.1) is 0 Å². The number of benzene rings is 1. The van der Waals surface area contributed by atoms with Gasteiger partial charge in [-0.1, -0.05) is 26.0 Å². The van der Waals surface area contributed by atoms with Gasteiger partial charge in [-0.3, -0.25) is 4.79 Å². The number of amides is 1. The van der Waals surface area contributed by atoms with Gasteiger partial charge in [-0.25, -0.2) is 0 Å². The second-order valence-corrected chi connectivity index (χ2v) is 6.30. The van der Waals surface area contributed by atoms with Gasteiger partial charge in [0, 0.05) is 17.8 Å². The van der Waals surface area contributed by atoms with Crippen LogP contribution in [-0.2, 0) is 17.6 Å². The summed E-state index contributed by atoms with van der Waals surface area (Å²) in [5.74, 6) is -1.47.